The van der Waals surface area contributed by atoms with E-state index >= 15 is 0 Å². The van der Waals surface area contributed by atoms with Crippen LogP contribution in [0.2, 0.25) is 0 Å². The van der Waals surface area contributed by atoms with Crippen LogP contribution in [0.3, 0.4) is 0 Å². The van der Waals surface area contributed by atoms with Gasteiger partial charge in [0.1, 0.15) is 5.75 Å². The van der Waals surface area contributed by atoms with Gasteiger partial charge in [-0.2, -0.15) is 0 Å². The number of rotatable bonds is 4. The Morgan fingerprint density at radius 3 is 2.18 bits per heavy atom. The summed E-state index contributed by atoms with van der Waals surface area (Å²) in [5.74, 6) is 2.18. The highest BCUT2D eigenvalue weighted by Crippen LogP contribution is 2.20. The molecule has 0 aliphatic heterocycles. The lowest BCUT2D eigenvalue weighted by atomic mass is 10.2. The minimum absolute atomic E-state index is 0.652. The van der Waals surface area contributed by atoms with Gasteiger partial charge in [-0.05, 0) is 31.2 Å². The van der Waals surface area contributed by atoms with E-state index in [1.165, 1.54) is 0 Å². The number of nitrogens with zero attached hydrogens (tertiary/aromatic N) is 2. The summed E-state index contributed by atoms with van der Waals surface area (Å²) in [6, 6.07) is 7.69. The van der Waals surface area contributed by atoms with Crippen molar-refractivity contribution in [3.05, 3.63) is 36.7 Å². The lowest BCUT2D eigenvalue weighted by Crippen LogP contribution is -1.93. The Bertz CT molecular complexity index is 466. The molecular weight excluding hydrogens is 216 g/mol. The monoisotopic (exact) mass is 230 g/mol. The topological polar surface area (TPSA) is 44.2 Å². The third kappa shape index (κ3) is 2.72. The molecule has 88 valence electrons. The van der Waals surface area contributed by atoms with Gasteiger partial charge in [-0.1, -0.05) is 0 Å². The van der Waals surface area contributed by atoms with E-state index in [-0.39, 0.29) is 0 Å². The van der Waals surface area contributed by atoms with Crippen LogP contribution in [-0.4, -0.2) is 23.7 Å². The van der Waals surface area contributed by atoms with Gasteiger partial charge in [0, 0.05) is 5.56 Å². The average Bonchev–Trinajstić information content (AvgIpc) is 2.40. The van der Waals surface area contributed by atoms with Crippen LogP contribution in [0.1, 0.15) is 6.92 Å². The van der Waals surface area contributed by atoms with Crippen molar-refractivity contribution >= 4 is 0 Å². The highest BCUT2D eigenvalue weighted by Gasteiger charge is 2.01. The summed E-state index contributed by atoms with van der Waals surface area (Å²) < 4.78 is 10.4. The van der Waals surface area contributed by atoms with Crippen molar-refractivity contribution in [3.63, 3.8) is 0 Å². The van der Waals surface area contributed by atoms with Crippen molar-refractivity contribution < 1.29 is 9.47 Å². The van der Waals surface area contributed by atoms with E-state index in [1.54, 1.807) is 19.5 Å². The first-order valence-corrected chi connectivity index (χ1v) is 5.42. The minimum Gasteiger partial charge on any atom is -0.494 e. The third-order valence-corrected chi connectivity index (χ3v) is 2.29. The molecule has 0 atom stereocenters. The predicted molar refractivity (Wildman–Crippen MR) is 65.2 cm³/mol. The van der Waals surface area contributed by atoms with Gasteiger partial charge in [0.15, 0.2) is 11.6 Å². The highest BCUT2D eigenvalue weighted by atomic mass is 16.5. The largest absolute Gasteiger partial charge is 0.494 e. The summed E-state index contributed by atoms with van der Waals surface area (Å²) in [7, 11) is 1.59. The van der Waals surface area contributed by atoms with Crippen molar-refractivity contribution in [1.82, 2.24) is 9.97 Å². The first kappa shape index (κ1) is 11.4. The van der Waals surface area contributed by atoms with Crippen molar-refractivity contribution in [3.8, 4) is 22.9 Å². The first-order chi connectivity index (χ1) is 8.33. The molecule has 1 aromatic carbocycles. The van der Waals surface area contributed by atoms with Crippen LogP contribution in [-0.2, 0) is 0 Å². The molecule has 0 saturated carbocycles. The number of hydrogen-bond donors (Lipinski definition) is 0. The van der Waals surface area contributed by atoms with Crippen LogP contribution in [0.5, 0.6) is 11.5 Å². The SMILES string of the molecule is CCOc1ccc(-c2ncc(OC)cn2)cc1. The van der Waals surface area contributed by atoms with Gasteiger partial charge in [-0.25, -0.2) is 9.97 Å². The van der Waals surface area contributed by atoms with Gasteiger partial charge in [0.2, 0.25) is 0 Å². The second-order valence-corrected chi connectivity index (χ2v) is 3.40. The van der Waals surface area contributed by atoms with Gasteiger partial charge >= 0.3 is 0 Å². The molecule has 0 radical (unpaired) electrons. The fourth-order valence-electron chi connectivity index (χ4n) is 1.44. The standard InChI is InChI=1S/C13H14N2O2/c1-3-17-11-6-4-10(5-7-11)13-14-8-12(16-2)9-15-13/h4-9H,3H2,1-2H3. The van der Waals surface area contributed by atoms with Crippen LogP contribution in [0.4, 0.5) is 0 Å². The lowest BCUT2D eigenvalue weighted by Gasteiger charge is -2.04. The Balaban J connectivity index is 2.20. The first-order valence-electron chi connectivity index (χ1n) is 5.42. The Morgan fingerprint density at radius 1 is 1.00 bits per heavy atom. The molecule has 2 aromatic rings. The molecule has 4 heteroatoms. The number of hydrogen-bond acceptors (Lipinski definition) is 4. The molecule has 2 rings (SSSR count). The zero-order valence-corrected chi connectivity index (χ0v) is 9.88. The van der Waals surface area contributed by atoms with Crippen molar-refractivity contribution in [1.29, 1.82) is 0 Å². The molecule has 0 spiro atoms. The van der Waals surface area contributed by atoms with Crippen LogP contribution < -0.4 is 9.47 Å². The molecule has 1 heterocycles. The number of benzene rings is 1. The quantitative estimate of drug-likeness (QED) is 0.809. The van der Waals surface area contributed by atoms with Gasteiger partial charge in [-0.15, -0.1) is 0 Å². The molecule has 0 unspecified atom stereocenters. The van der Waals surface area contributed by atoms with Crippen LogP contribution in [0, 0.1) is 0 Å². The summed E-state index contributed by atoms with van der Waals surface area (Å²) in [5.41, 5.74) is 0.955. The number of ether oxygens (including phenoxy) is 2. The van der Waals surface area contributed by atoms with Crippen molar-refractivity contribution in [2.75, 3.05) is 13.7 Å². The highest BCUT2D eigenvalue weighted by molar-refractivity contribution is 5.56. The Morgan fingerprint density at radius 2 is 1.65 bits per heavy atom. The molecule has 4 nitrogen and oxygen atoms in total. The zero-order valence-electron chi connectivity index (χ0n) is 9.88. The Hall–Kier alpha value is -2.10. The zero-order chi connectivity index (χ0) is 12.1. The van der Waals surface area contributed by atoms with E-state index in [0.717, 1.165) is 11.3 Å². The van der Waals surface area contributed by atoms with E-state index in [0.29, 0.717) is 18.2 Å². The molecule has 0 amide bonds. The smallest absolute Gasteiger partial charge is 0.159 e. The third-order valence-electron chi connectivity index (χ3n) is 2.29. The molecule has 17 heavy (non-hydrogen) atoms. The second kappa shape index (κ2) is 5.30. The van der Waals surface area contributed by atoms with Crippen LogP contribution in [0.15, 0.2) is 36.7 Å². The minimum atomic E-state index is 0.652. The molecular formula is C13H14N2O2. The molecule has 0 saturated heterocycles. The van der Waals surface area contributed by atoms with E-state index < -0.39 is 0 Å². The van der Waals surface area contributed by atoms with Gasteiger partial charge in [0.05, 0.1) is 26.1 Å². The summed E-state index contributed by atoms with van der Waals surface area (Å²) in [6.07, 6.45) is 3.30. The summed E-state index contributed by atoms with van der Waals surface area (Å²) >= 11 is 0. The fraction of sp³-hybridized carbons (Fsp3) is 0.231. The Kier molecular flexibility index (Phi) is 3.55. The average molecular weight is 230 g/mol. The van der Waals surface area contributed by atoms with E-state index in [4.69, 9.17) is 9.47 Å². The summed E-state index contributed by atoms with van der Waals surface area (Å²) in [6.45, 7) is 2.62. The molecule has 0 aliphatic rings. The predicted octanol–water partition coefficient (Wildman–Crippen LogP) is 2.55. The number of aromatic nitrogens is 2. The number of methoxy groups -OCH3 is 1. The van der Waals surface area contributed by atoms with Crippen LogP contribution in [0.25, 0.3) is 11.4 Å². The molecule has 0 bridgehead atoms. The Labute approximate surface area is 100 Å². The molecule has 0 aliphatic carbocycles. The van der Waals surface area contributed by atoms with Gasteiger partial charge < -0.3 is 9.47 Å². The van der Waals surface area contributed by atoms with E-state index in [9.17, 15) is 0 Å². The van der Waals surface area contributed by atoms with Gasteiger partial charge in [0.25, 0.3) is 0 Å². The molecule has 1 aromatic heterocycles. The van der Waals surface area contributed by atoms with Gasteiger partial charge in [-0.3, -0.25) is 0 Å². The fourth-order valence-corrected chi connectivity index (χ4v) is 1.44. The van der Waals surface area contributed by atoms with Crippen LogP contribution >= 0.6 is 0 Å². The van der Waals surface area contributed by atoms with Crippen molar-refractivity contribution in [2.24, 2.45) is 0 Å². The summed E-state index contributed by atoms with van der Waals surface area (Å²) in [5, 5.41) is 0. The van der Waals surface area contributed by atoms with E-state index in [2.05, 4.69) is 9.97 Å². The summed E-state index contributed by atoms with van der Waals surface area (Å²) in [4.78, 5) is 8.44. The molecule has 0 N–H and O–H groups in total. The molecule has 0 fully saturated rings. The lowest BCUT2D eigenvalue weighted by molar-refractivity contribution is 0.340. The maximum Gasteiger partial charge on any atom is 0.159 e. The van der Waals surface area contributed by atoms with E-state index in [1.807, 2.05) is 31.2 Å². The normalized spacial score (nSPS) is 10.0. The maximum absolute atomic E-state index is 5.37. The maximum atomic E-state index is 5.37. The second-order valence-electron chi connectivity index (χ2n) is 3.40. The van der Waals surface area contributed by atoms with Crippen molar-refractivity contribution in [2.45, 2.75) is 6.92 Å².